The number of hydrazone groups is 1. The van der Waals surface area contributed by atoms with Crippen molar-refractivity contribution in [3.63, 3.8) is 0 Å². The summed E-state index contributed by atoms with van der Waals surface area (Å²) < 4.78 is 0. The standard InChI is InChI=1S/C11H13N3S/c1-9(8-13-14-11(12)15)7-10-5-3-2-4-6-10/h2-8H,1H3,(H3,12,14,15)/b9-7-,13-8-. The van der Waals surface area contributed by atoms with Crippen LogP contribution in [0.3, 0.4) is 0 Å². The summed E-state index contributed by atoms with van der Waals surface area (Å²) in [4.78, 5) is 0. The first kappa shape index (κ1) is 11.4. The third kappa shape index (κ3) is 4.93. The highest BCUT2D eigenvalue weighted by Gasteiger charge is 1.87. The highest BCUT2D eigenvalue weighted by atomic mass is 32.1. The molecule has 0 aliphatic rings. The molecule has 78 valence electrons. The molecule has 1 rings (SSSR count). The molecule has 0 saturated carbocycles. The summed E-state index contributed by atoms with van der Waals surface area (Å²) in [6.45, 7) is 1.96. The van der Waals surface area contributed by atoms with Crippen LogP contribution in [0.25, 0.3) is 6.08 Å². The van der Waals surface area contributed by atoms with Crippen molar-refractivity contribution in [2.24, 2.45) is 10.8 Å². The molecule has 0 spiro atoms. The molecular formula is C11H13N3S. The minimum Gasteiger partial charge on any atom is -0.375 e. The summed E-state index contributed by atoms with van der Waals surface area (Å²) in [6, 6.07) is 10.0. The summed E-state index contributed by atoms with van der Waals surface area (Å²) in [5.41, 5.74) is 9.87. The Morgan fingerprint density at radius 1 is 1.40 bits per heavy atom. The number of nitrogens with two attached hydrogens (primary N) is 1. The molecule has 0 aliphatic heterocycles. The van der Waals surface area contributed by atoms with E-state index < -0.39 is 0 Å². The lowest BCUT2D eigenvalue weighted by atomic mass is 10.1. The van der Waals surface area contributed by atoms with Crippen molar-refractivity contribution >= 4 is 29.6 Å². The Labute approximate surface area is 94.7 Å². The van der Waals surface area contributed by atoms with Gasteiger partial charge in [0.05, 0.1) is 6.21 Å². The normalized spacial score (nSPS) is 11.7. The van der Waals surface area contributed by atoms with E-state index in [0.717, 1.165) is 11.1 Å². The molecule has 0 saturated heterocycles. The van der Waals surface area contributed by atoms with Crippen LogP contribution in [-0.4, -0.2) is 11.3 Å². The molecule has 0 atom stereocenters. The van der Waals surface area contributed by atoms with Crippen molar-refractivity contribution < 1.29 is 0 Å². The zero-order valence-corrected chi connectivity index (χ0v) is 9.29. The molecule has 1 aromatic rings. The molecule has 0 aliphatic carbocycles. The van der Waals surface area contributed by atoms with Gasteiger partial charge in [-0.3, -0.25) is 5.43 Å². The van der Waals surface area contributed by atoms with E-state index in [0.29, 0.717) is 0 Å². The predicted molar refractivity (Wildman–Crippen MR) is 68.5 cm³/mol. The Balaban J connectivity index is 2.61. The van der Waals surface area contributed by atoms with Crippen LogP contribution in [0.1, 0.15) is 12.5 Å². The van der Waals surface area contributed by atoms with Gasteiger partial charge in [-0.05, 0) is 30.3 Å². The van der Waals surface area contributed by atoms with Gasteiger partial charge in [0.1, 0.15) is 0 Å². The SMILES string of the molecule is CC(/C=N\NC(N)=S)=C/c1ccccc1. The Bertz CT molecular complexity index is 382. The van der Waals surface area contributed by atoms with Crippen molar-refractivity contribution in [3.05, 3.63) is 41.5 Å². The van der Waals surface area contributed by atoms with Crippen LogP contribution in [0.15, 0.2) is 41.0 Å². The van der Waals surface area contributed by atoms with Gasteiger partial charge < -0.3 is 5.73 Å². The lowest BCUT2D eigenvalue weighted by Crippen LogP contribution is -2.23. The van der Waals surface area contributed by atoms with Gasteiger partial charge in [-0.1, -0.05) is 36.4 Å². The van der Waals surface area contributed by atoms with Crippen molar-refractivity contribution in [2.75, 3.05) is 0 Å². The van der Waals surface area contributed by atoms with Gasteiger partial charge in [-0.15, -0.1) is 0 Å². The predicted octanol–water partition coefficient (Wildman–Crippen LogP) is 1.91. The van der Waals surface area contributed by atoms with Gasteiger partial charge in [-0.25, -0.2) is 0 Å². The minimum absolute atomic E-state index is 0.166. The van der Waals surface area contributed by atoms with Crippen LogP contribution in [0, 0.1) is 0 Å². The van der Waals surface area contributed by atoms with E-state index in [1.54, 1.807) is 6.21 Å². The number of hydrogen-bond donors (Lipinski definition) is 2. The minimum atomic E-state index is 0.166. The summed E-state index contributed by atoms with van der Waals surface area (Å²) in [5.74, 6) is 0. The van der Waals surface area contributed by atoms with Crippen molar-refractivity contribution in [1.82, 2.24) is 5.43 Å². The monoisotopic (exact) mass is 219 g/mol. The van der Waals surface area contributed by atoms with Crippen LogP contribution < -0.4 is 11.2 Å². The first-order chi connectivity index (χ1) is 7.18. The maximum atomic E-state index is 5.22. The van der Waals surface area contributed by atoms with Gasteiger partial charge >= 0.3 is 0 Å². The molecular weight excluding hydrogens is 206 g/mol. The topological polar surface area (TPSA) is 50.4 Å². The number of rotatable bonds is 3. The van der Waals surface area contributed by atoms with Crippen LogP contribution in [0.2, 0.25) is 0 Å². The maximum absolute atomic E-state index is 5.22. The van der Waals surface area contributed by atoms with Crippen molar-refractivity contribution in [3.8, 4) is 0 Å². The van der Waals surface area contributed by atoms with E-state index in [1.165, 1.54) is 0 Å². The molecule has 0 amide bonds. The number of nitrogens with one attached hydrogen (secondary N) is 1. The molecule has 15 heavy (non-hydrogen) atoms. The van der Waals surface area contributed by atoms with E-state index in [4.69, 9.17) is 5.73 Å². The highest BCUT2D eigenvalue weighted by molar-refractivity contribution is 7.80. The zero-order chi connectivity index (χ0) is 11.1. The molecule has 0 heterocycles. The lowest BCUT2D eigenvalue weighted by Gasteiger charge is -1.95. The van der Waals surface area contributed by atoms with E-state index in [2.05, 4.69) is 22.7 Å². The smallest absolute Gasteiger partial charge is 0.184 e. The van der Waals surface area contributed by atoms with E-state index >= 15 is 0 Å². The number of nitrogens with zero attached hydrogens (tertiary/aromatic N) is 1. The zero-order valence-electron chi connectivity index (χ0n) is 8.47. The second-order valence-electron chi connectivity index (χ2n) is 3.03. The molecule has 1 aromatic carbocycles. The largest absolute Gasteiger partial charge is 0.375 e. The fourth-order valence-electron chi connectivity index (χ4n) is 1.05. The average molecular weight is 219 g/mol. The maximum Gasteiger partial charge on any atom is 0.184 e. The quantitative estimate of drug-likeness (QED) is 0.464. The highest BCUT2D eigenvalue weighted by Crippen LogP contribution is 2.04. The van der Waals surface area contributed by atoms with E-state index in [9.17, 15) is 0 Å². The second kappa shape index (κ2) is 5.93. The summed E-state index contributed by atoms with van der Waals surface area (Å²) in [5, 5.41) is 4.02. The van der Waals surface area contributed by atoms with Crippen LogP contribution >= 0.6 is 12.2 Å². The molecule has 0 aromatic heterocycles. The van der Waals surface area contributed by atoms with Gasteiger partial charge in [0.2, 0.25) is 0 Å². The van der Waals surface area contributed by atoms with Gasteiger partial charge in [0.15, 0.2) is 5.11 Å². The Morgan fingerprint density at radius 3 is 2.67 bits per heavy atom. The van der Waals surface area contributed by atoms with Gasteiger partial charge in [-0.2, -0.15) is 5.10 Å². The third-order valence-corrected chi connectivity index (χ3v) is 1.73. The summed E-state index contributed by atoms with van der Waals surface area (Å²) in [6.07, 6.45) is 3.69. The molecule has 3 nitrogen and oxygen atoms in total. The Morgan fingerprint density at radius 2 is 2.07 bits per heavy atom. The van der Waals surface area contributed by atoms with Crippen LogP contribution in [0.4, 0.5) is 0 Å². The summed E-state index contributed by atoms with van der Waals surface area (Å²) in [7, 11) is 0. The number of benzene rings is 1. The first-order valence-electron chi connectivity index (χ1n) is 4.50. The van der Waals surface area contributed by atoms with E-state index in [1.807, 2.05) is 43.3 Å². The van der Waals surface area contributed by atoms with Crippen LogP contribution in [-0.2, 0) is 0 Å². The molecule has 0 radical (unpaired) electrons. The Hall–Kier alpha value is -1.68. The molecule has 0 fully saturated rings. The number of allylic oxidation sites excluding steroid dienone is 1. The van der Waals surface area contributed by atoms with Gasteiger partial charge in [0.25, 0.3) is 0 Å². The molecule has 0 unspecified atom stereocenters. The van der Waals surface area contributed by atoms with E-state index in [-0.39, 0.29) is 5.11 Å². The summed E-state index contributed by atoms with van der Waals surface area (Å²) >= 11 is 4.61. The molecule has 4 heteroatoms. The Kier molecular flexibility index (Phi) is 4.50. The third-order valence-electron chi connectivity index (χ3n) is 1.64. The number of hydrogen-bond acceptors (Lipinski definition) is 2. The fraction of sp³-hybridized carbons (Fsp3) is 0.0909. The van der Waals surface area contributed by atoms with Gasteiger partial charge in [0, 0.05) is 0 Å². The van der Waals surface area contributed by atoms with Crippen molar-refractivity contribution in [1.29, 1.82) is 0 Å². The first-order valence-corrected chi connectivity index (χ1v) is 4.91. The fourth-order valence-corrected chi connectivity index (χ4v) is 1.10. The lowest BCUT2D eigenvalue weighted by molar-refractivity contribution is 1.04. The number of thiocarbonyl (C=S) groups is 1. The van der Waals surface area contributed by atoms with Crippen molar-refractivity contribution in [2.45, 2.75) is 6.92 Å². The second-order valence-corrected chi connectivity index (χ2v) is 3.47. The molecule has 0 bridgehead atoms. The van der Waals surface area contributed by atoms with Crippen LogP contribution in [0.5, 0.6) is 0 Å². The average Bonchev–Trinajstić information content (AvgIpc) is 2.18. The molecule has 3 N–H and O–H groups in total.